The maximum atomic E-state index is 12.5. The molecule has 0 radical (unpaired) electrons. The Morgan fingerprint density at radius 2 is 1.96 bits per heavy atom. The van der Waals surface area contributed by atoms with Crippen molar-refractivity contribution in [1.29, 1.82) is 0 Å². The highest BCUT2D eigenvalue weighted by atomic mass is 32.1. The summed E-state index contributed by atoms with van der Waals surface area (Å²) in [6.07, 6.45) is 3.89. The molecule has 6 nitrogen and oxygen atoms in total. The Morgan fingerprint density at radius 1 is 1.24 bits per heavy atom. The minimum atomic E-state index is -0.406. The van der Waals surface area contributed by atoms with Crippen LogP contribution in [0.5, 0.6) is 5.75 Å². The summed E-state index contributed by atoms with van der Waals surface area (Å²) in [6.45, 7) is 2.70. The minimum absolute atomic E-state index is 0. The number of hydrogen-bond acceptors (Lipinski definition) is 5. The molecule has 0 aromatic heterocycles. The molecule has 1 aliphatic carbocycles. The van der Waals surface area contributed by atoms with Gasteiger partial charge in [-0.05, 0) is 44.7 Å². The van der Waals surface area contributed by atoms with Crippen LogP contribution in [0.4, 0.5) is 4.79 Å². The average molecular weight is 367 g/mol. The van der Waals surface area contributed by atoms with Crippen molar-refractivity contribution in [3.05, 3.63) is 29.3 Å². The zero-order chi connectivity index (χ0) is 17.1. The summed E-state index contributed by atoms with van der Waals surface area (Å²) in [6, 6.07) is 5.05. The second-order valence-corrected chi connectivity index (χ2v) is 6.39. The van der Waals surface area contributed by atoms with E-state index < -0.39 is 5.97 Å². The van der Waals surface area contributed by atoms with Gasteiger partial charge in [0.2, 0.25) is 0 Å². The lowest BCUT2D eigenvalue weighted by Gasteiger charge is -2.27. The number of amides is 1. The summed E-state index contributed by atoms with van der Waals surface area (Å²) in [5.74, 6) is 0.206. The molecule has 1 fully saturated rings. The number of esters is 1. The Bertz CT molecular complexity index is 630. The number of methoxy groups -OCH3 is 1. The molecule has 1 aromatic carbocycles. The van der Waals surface area contributed by atoms with Gasteiger partial charge >= 0.3 is 12.1 Å². The van der Waals surface area contributed by atoms with Crippen molar-refractivity contribution in [1.82, 2.24) is 4.90 Å². The summed E-state index contributed by atoms with van der Waals surface area (Å²) in [4.78, 5) is 25.9. The van der Waals surface area contributed by atoms with Gasteiger partial charge in [0.1, 0.15) is 18.5 Å². The zero-order valence-corrected chi connectivity index (χ0v) is 15.6. The van der Waals surface area contributed by atoms with Crippen molar-refractivity contribution in [2.75, 3.05) is 13.7 Å². The van der Waals surface area contributed by atoms with Crippen LogP contribution in [0.15, 0.2) is 18.2 Å². The van der Waals surface area contributed by atoms with Gasteiger partial charge in [-0.1, -0.05) is 6.07 Å². The third-order valence-corrected chi connectivity index (χ3v) is 4.65. The third kappa shape index (κ3) is 4.39. The molecule has 25 heavy (non-hydrogen) atoms. The Balaban J connectivity index is 0.00000225. The topological polar surface area (TPSA) is 65.1 Å². The highest BCUT2D eigenvalue weighted by molar-refractivity contribution is 7.59. The first-order chi connectivity index (χ1) is 11.6. The fourth-order valence-electron chi connectivity index (χ4n) is 3.17. The predicted octanol–water partition coefficient (Wildman–Crippen LogP) is 3.25. The molecule has 0 saturated heterocycles. The van der Waals surface area contributed by atoms with Crippen LogP contribution in [-0.2, 0) is 16.0 Å². The number of nitrogens with zero attached hydrogens (tertiary/aromatic N) is 1. The van der Waals surface area contributed by atoms with Crippen molar-refractivity contribution < 1.29 is 23.8 Å². The predicted molar refractivity (Wildman–Crippen MR) is 97.4 cm³/mol. The molecule has 1 aromatic rings. The molecule has 3 rings (SSSR count). The van der Waals surface area contributed by atoms with Gasteiger partial charge < -0.3 is 14.2 Å². The Hall–Kier alpha value is -1.89. The van der Waals surface area contributed by atoms with Crippen LogP contribution in [0, 0.1) is 0 Å². The Morgan fingerprint density at radius 3 is 2.64 bits per heavy atom. The average Bonchev–Trinajstić information content (AvgIpc) is 3.03. The summed E-state index contributed by atoms with van der Waals surface area (Å²) >= 11 is 0. The first-order valence-corrected chi connectivity index (χ1v) is 8.39. The van der Waals surface area contributed by atoms with Gasteiger partial charge in [0.15, 0.2) is 0 Å². The van der Waals surface area contributed by atoms with Crippen molar-refractivity contribution in [2.45, 2.75) is 51.3 Å². The fraction of sp³-hybridized carbons (Fsp3) is 0.556. The molecule has 0 N–H and O–H groups in total. The second kappa shape index (κ2) is 8.47. The minimum Gasteiger partial charge on any atom is -0.491 e. The van der Waals surface area contributed by atoms with Crippen LogP contribution >= 0.6 is 13.5 Å². The molecule has 2 aliphatic rings. The molecule has 1 saturated carbocycles. The van der Waals surface area contributed by atoms with Crippen LogP contribution in [0.1, 0.15) is 48.5 Å². The second-order valence-electron chi connectivity index (χ2n) is 6.39. The molecular weight excluding hydrogens is 342 g/mol. The quantitative estimate of drug-likeness (QED) is 0.751. The number of carbonyl (C=O) groups is 2. The first kappa shape index (κ1) is 19.4. The smallest absolute Gasteiger partial charge is 0.410 e. The summed E-state index contributed by atoms with van der Waals surface area (Å²) in [5, 5.41) is 0. The molecule has 138 valence electrons. The van der Waals surface area contributed by atoms with Crippen molar-refractivity contribution in [3.63, 3.8) is 0 Å². The van der Waals surface area contributed by atoms with Gasteiger partial charge in [-0.25, -0.2) is 9.59 Å². The maximum Gasteiger partial charge on any atom is 0.410 e. The number of fused-ring (bicyclic) bond motifs is 1. The SMILES string of the molecule is COC(=O)c1ccc2c(c1)OC[C@H](C)N(C(=O)OC1CCCC1)C2.S. The molecule has 1 amide bonds. The van der Waals surface area contributed by atoms with Crippen molar-refractivity contribution in [2.24, 2.45) is 0 Å². The van der Waals surface area contributed by atoms with Gasteiger partial charge in [0.05, 0.1) is 25.3 Å². The number of rotatable bonds is 2. The van der Waals surface area contributed by atoms with Crippen LogP contribution in [-0.4, -0.2) is 42.8 Å². The van der Waals surface area contributed by atoms with E-state index in [4.69, 9.17) is 14.2 Å². The highest BCUT2D eigenvalue weighted by Crippen LogP contribution is 2.28. The Labute approximate surface area is 154 Å². The first-order valence-electron chi connectivity index (χ1n) is 8.39. The number of benzene rings is 1. The van der Waals surface area contributed by atoms with Crippen LogP contribution < -0.4 is 4.74 Å². The van der Waals surface area contributed by atoms with E-state index in [2.05, 4.69) is 0 Å². The third-order valence-electron chi connectivity index (χ3n) is 4.65. The van der Waals surface area contributed by atoms with Gasteiger partial charge in [0.25, 0.3) is 0 Å². The van der Waals surface area contributed by atoms with Gasteiger partial charge in [0, 0.05) is 5.56 Å². The van der Waals surface area contributed by atoms with E-state index in [9.17, 15) is 9.59 Å². The summed E-state index contributed by atoms with van der Waals surface area (Å²) in [5.41, 5.74) is 1.29. The number of hydrogen-bond donors (Lipinski definition) is 0. The molecule has 1 heterocycles. The highest BCUT2D eigenvalue weighted by Gasteiger charge is 2.30. The Kier molecular flexibility index (Phi) is 6.58. The van der Waals surface area contributed by atoms with Crippen LogP contribution in [0.3, 0.4) is 0 Å². The summed E-state index contributed by atoms with van der Waals surface area (Å²) < 4.78 is 16.2. The lowest BCUT2D eigenvalue weighted by molar-refractivity contribution is 0.0485. The largest absolute Gasteiger partial charge is 0.491 e. The van der Waals surface area contributed by atoms with E-state index in [0.717, 1.165) is 31.2 Å². The molecule has 0 unspecified atom stereocenters. The molecular formula is C18H25NO5S. The molecule has 0 bridgehead atoms. The normalized spacial score (nSPS) is 19.9. The van der Waals surface area contributed by atoms with Crippen LogP contribution in [0.25, 0.3) is 0 Å². The van der Waals surface area contributed by atoms with E-state index in [-0.39, 0.29) is 31.7 Å². The van der Waals surface area contributed by atoms with E-state index in [1.165, 1.54) is 7.11 Å². The van der Waals surface area contributed by atoms with E-state index in [0.29, 0.717) is 24.5 Å². The van der Waals surface area contributed by atoms with Gasteiger partial charge in [-0.15, -0.1) is 0 Å². The lowest BCUT2D eigenvalue weighted by atomic mass is 10.1. The fourth-order valence-corrected chi connectivity index (χ4v) is 3.17. The lowest BCUT2D eigenvalue weighted by Crippen LogP contribution is -2.41. The standard InChI is InChI=1S/C18H23NO5.H2S/c1-12-11-23-16-9-13(17(20)22-2)7-8-14(16)10-19(12)18(21)24-15-5-3-4-6-15;/h7-9,12,15H,3-6,10-11H2,1-2H3;1H2/t12-;/m0./s1. The van der Waals surface area contributed by atoms with E-state index >= 15 is 0 Å². The van der Waals surface area contributed by atoms with Crippen LogP contribution in [0.2, 0.25) is 0 Å². The molecule has 1 aliphatic heterocycles. The molecule has 1 atom stereocenters. The van der Waals surface area contributed by atoms with Crippen molar-refractivity contribution in [3.8, 4) is 5.75 Å². The van der Waals surface area contributed by atoms with Gasteiger partial charge in [-0.3, -0.25) is 4.90 Å². The monoisotopic (exact) mass is 367 g/mol. The van der Waals surface area contributed by atoms with E-state index in [1.807, 2.05) is 6.92 Å². The van der Waals surface area contributed by atoms with Gasteiger partial charge in [-0.2, -0.15) is 13.5 Å². The molecule has 0 spiro atoms. The molecule has 7 heteroatoms. The van der Waals surface area contributed by atoms with Crippen molar-refractivity contribution >= 4 is 25.6 Å². The number of ether oxygens (including phenoxy) is 3. The zero-order valence-electron chi connectivity index (χ0n) is 14.6. The maximum absolute atomic E-state index is 12.5. The van der Waals surface area contributed by atoms with E-state index in [1.54, 1.807) is 23.1 Å². The number of carbonyl (C=O) groups excluding carboxylic acids is 2. The summed E-state index contributed by atoms with van der Waals surface area (Å²) in [7, 11) is 1.34.